The van der Waals surface area contributed by atoms with Gasteiger partial charge in [0, 0.05) is 12.6 Å². The molecule has 0 spiro atoms. The molecule has 0 atom stereocenters. The Morgan fingerprint density at radius 2 is 2.05 bits per heavy atom. The Morgan fingerprint density at radius 3 is 2.63 bits per heavy atom. The molecule has 6 heteroatoms. The van der Waals surface area contributed by atoms with Gasteiger partial charge < -0.3 is 19.1 Å². The van der Waals surface area contributed by atoms with E-state index in [0.717, 1.165) is 0 Å². The van der Waals surface area contributed by atoms with Gasteiger partial charge in [-0.2, -0.15) is 0 Å². The van der Waals surface area contributed by atoms with Crippen molar-refractivity contribution in [3.05, 3.63) is 30.2 Å². The number of hydrogen-bond donors (Lipinski definition) is 1. The summed E-state index contributed by atoms with van der Waals surface area (Å²) in [7, 11) is 4.81. The van der Waals surface area contributed by atoms with E-state index in [9.17, 15) is 9.90 Å². The van der Waals surface area contributed by atoms with Crippen LogP contribution in [0.3, 0.4) is 0 Å². The van der Waals surface area contributed by atoms with E-state index in [4.69, 9.17) is 9.47 Å². The fourth-order valence-corrected chi connectivity index (χ4v) is 1.90. The topological polar surface area (TPSA) is 73.6 Å². The SMILES string of the molecule is COc1ccc(OC)c(-c2c(C(=O)O)ncn2C)c1. The summed E-state index contributed by atoms with van der Waals surface area (Å²) in [5.41, 5.74) is 1.08. The Bertz CT molecular complexity index is 619. The predicted molar refractivity (Wildman–Crippen MR) is 68.7 cm³/mol. The molecular weight excluding hydrogens is 248 g/mol. The molecule has 1 aromatic carbocycles. The van der Waals surface area contributed by atoms with Gasteiger partial charge in [-0.25, -0.2) is 9.78 Å². The van der Waals surface area contributed by atoms with E-state index in [1.54, 1.807) is 36.9 Å². The number of carboxylic acid groups (broad SMARTS) is 1. The molecule has 0 unspecified atom stereocenters. The lowest BCUT2D eigenvalue weighted by atomic mass is 10.1. The third kappa shape index (κ3) is 2.24. The van der Waals surface area contributed by atoms with Crippen LogP contribution < -0.4 is 9.47 Å². The summed E-state index contributed by atoms with van der Waals surface area (Å²) >= 11 is 0. The molecule has 0 saturated carbocycles. The van der Waals surface area contributed by atoms with Gasteiger partial charge in [0.1, 0.15) is 11.5 Å². The second-order valence-corrected chi connectivity index (χ2v) is 3.92. The first-order valence-electron chi connectivity index (χ1n) is 5.55. The van der Waals surface area contributed by atoms with E-state index < -0.39 is 5.97 Å². The molecule has 0 aliphatic carbocycles. The predicted octanol–water partition coefficient (Wildman–Crippen LogP) is 1.80. The van der Waals surface area contributed by atoms with Crippen molar-refractivity contribution in [3.63, 3.8) is 0 Å². The summed E-state index contributed by atoms with van der Waals surface area (Å²) in [6, 6.07) is 5.20. The van der Waals surface area contributed by atoms with Crippen LogP contribution in [0.4, 0.5) is 0 Å². The first kappa shape index (κ1) is 12.9. The number of carbonyl (C=O) groups is 1. The molecular formula is C13H14N2O4. The summed E-state index contributed by atoms with van der Waals surface area (Å²) in [5, 5.41) is 9.18. The molecule has 0 amide bonds. The van der Waals surface area contributed by atoms with Gasteiger partial charge in [0.25, 0.3) is 0 Å². The van der Waals surface area contributed by atoms with E-state index >= 15 is 0 Å². The van der Waals surface area contributed by atoms with Crippen molar-refractivity contribution in [2.45, 2.75) is 0 Å². The third-order valence-corrected chi connectivity index (χ3v) is 2.80. The van der Waals surface area contributed by atoms with Crippen molar-refractivity contribution >= 4 is 5.97 Å². The van der Waals surface area contributed by atoms with Crippen LogP contribution in [0.5, 0.6) is 11.5 Å². The number of aryl methyl sites for hydroxylation is 1. The quantitative estimate of drug-likeness (QED) is 0.909. The van der Waals surface area contributed by atoms with E-state index in [1.807, 2.05) is 0 Å². The molecule has 0 fully saturated rings. The number of ether oxygens (including phenoxy) is 2. The van der Waals surface area contributed by atoms with Gasteiger partial charge in [0.05, 0.1) is 26.2 Å². The number of benzene rings is 1. The zero-order valence-electron chi connectivity index (χ0n) is 10.9. The lowest BCUT2D eigenvalue weighted by Gasteiger charge is -2.11. The number of hydrogen-bond acceptors (Lipinski definition) is 4. The van der Waals surface area contributed by atoms with Crippen molar-refractivity contribution in [2.75, 3.05) is 14.2 Å². The molecule has 19 heavy (non-hydrogen) atoms. The summed E-state index contributed by atoms with van der Waals surface area (Å²) in [6.45, 7) is 0. The molecule has 6 nitrogen and oxygen atoms in total. The molecule has 2 aromatic rings. The van der Waals surface area contributed by atoms with E-state index in [0.29, 0.717) is 22.8 Å². The maximum Gasteiger partial charge on any atom is 0.356 e. The largest absolute Gasteiger partial charge is 0.497 e. The minimum absolute atomic E-state index is 0.0194. The van der Waals surface area contributed by atoms with Crippen molar-refractivity contribution in [2.24, 2.45) is 7.05 Å². The second-order valence-electron chi connectivity index (χ2n) is 3.92. The van der Waals surface area contributed by atoms with E-state index in [1.165, 1.54) is 13.4 Å². The van der Waals surface area contributed by atoms with Crippen LogP contribution >= 0.6 is 0 Å². The zero-order valence-corrected chi connectivity index (χ0v) is 10.9. The number of aromatic nitrogens is 2. The van der Waals surface area contributed by atoms with Crippen molar-refractivity contribution in [3.8, 4) is 22.8 Å². The van der Waals surface area contributed by atoms with Crippen molar-refractivity contribution in [1.29, 1.82) is 0 Å². The average Bonchev–Trinajstić information content (AvgIpc) is 2.80. The smallest absolute Gasteiger partial charge is 0.356 e. The minimum atomic E-state index is -1.08. The Hall–Kier alpha value is -2.50. The molecule has 0 saturated heterocycles. The van der Waals surface area contributed by atoms with Crippen LogP contribution in [0.15, 0.2) is 24.5 Å². The Kier molecular flexibility index (Phi) is 3.41. The molecule has 0 aliphatic rings. The van der Waals surface area contributed by atoms with E-state index in [-0.39, 0.29) is 5.69 Å². The highest BCUT2D eigenvalue weighted by atomic mass is 16.5. The average molecular weight is 262 g/mol. The molecule has 1 N–H and O–H groups in total. The molecule has 0 aliphatic heterocycles. The van der Waals surface area contributed by atoms with Gasteiger partial charge in [-0.15, -0.1) is 0 Å². The lowest BCUT2D eigenvalue weighted by molar-refractivity contribution is 0.0692. The van der Waals surface area contributed by atoms with Gasteiger partial charge in [-0.05, 0) is 18.2 Å². The zero-order chi connectivity index (χ0) is 14.0. The maximum atomic E-state index is 11.2. The summed E-state index contributed by atoms with van der Waals surface area (Å²) in [5.74, 6) is 0.0979. The molecule has 0 radical (unpaired) electrons. The highest BCUT2D eigenvalue weighted by Gasteiger charge is 2.20. The first-order valence-corrected chi connectivity index (χ1v) is 5.55. The van der Waals surface area contributed by atoms with Gasteiger partial charge in [-0.1, -0.05) is 0 Å². The summed E-state index contributed by atoms with van der Waals surface area (Å²) in [6.07, 6.45) is 1.46. The first-order chi connectivity index (χ1) is 9.08. The van der Waals surface area contributed by atoms with Crippen LogP contribution in [-0.2, 0) is 7.05 Å². The molecule has 1 aromatic heterocycles. The van der Waals surface area contributed by atoms with Crippen molar-refractivity contribution in [1.82, 2.24) is 9.55 Å². The van der Waals surface area contributed by atoms with Crippen LogP contribution in [0.2, 0.25) is 0 Å². The fourth-order valence-electron chi connectivity index (χ4n) is 1.90. The van der Waals surface area contributed by atoms with Crippen LogP contribution in [0.1, 0.15) is 10.5 Å². The number of nitrogens with zero attached hydrogens (tertiary/aromatic N) is 2. The molecule has 1 heterocycles. The van der Waals surface area contributed by atoms with Crippen LogP contribution in [-0.4, -0.2) is 34.8 Å². The summed E-state index contributed by atoms with van der Waals surface area (Å²) in [4.78, 5) is 15.1. The number of methoxy groups -OCH3 is 2. The highest BCUT2D eigenvalue weighted by molar-refractivity contribution is 5.94. The molecule has 100 valence electrons. The van der Waals surface area contributed by atoms with E-state index in [2.05, 4.69) is 4.98 Å². The molecule has 2 rings (SSSR count). The maximum absolute atomic E-state index is 11.2. The van der Waals surface area contributed by atoms with Gasteiger partial charge >= 0.3 is 5.97 Å². The Morgan fingerprint density at radius 1 is 1.32 bits per heavy atom. The molecule has 0 bridgehead atoms. The minimum Gasteiger partial charge on any atom is -0.497 e. The van der Waals surface area contributed by atoms with Gasteiger partial charge in [0.2, 0.25) is 0 Å². The highest BCUT2D eigenvalue weighted by Crippen LogP contribution is 2.34. The Labute approximate surface area is 110 Å². The van der Waals surface area contributed by atoms with Gasteiger partial charge in [0.15, 0.2) is 5.69 Å². The number of rotatable bonds is 4. The Balaban J connectivity index is 2.69. The van der Waals surface area contributed by atoms with Crippen molar-refractivity contribution < 1.29 is 19.4 Å². The van der Waals surface area contributed by atoms with Crippen LogP contribution in [0.25, 0.3) is 11.3 Å². The second kappa shape index (κ2) is 5.01. The number of imidazole rings is 1. The summed E-state index contributed by atoms with van der Waals surface area (Å²) < 4.78 is 12.1. The van der Waals surface area contributed by atoms with Gasteiger partial charge in [-0.3, -0.25) is 0 Å². The lowest BCUT2D eigenvalue weighted by Crippen LogP contribution is -2.02. The normalized spacial score (nSPS) is 10.3. The number of aromatic carboxylic acids is 1. The number of carboxylic acids is 1. The standard InChI is InChI=1S/C13H14N2O4/c1-15-7-14-11(13(16)17)12(15)9-6-8(18-2)4-5-10(9)19-3/h4-7H,1-3H3,(H,16,17). The monoisotopic (exact) mass is 262 g/mol. The van der Waals surface area contributed by atoms with Crippen LogP contribution in [0, 0.1) is 0 Å². The third-order valence-electron chi connectivity index (χ3n) is 2.80. The fraction of sp³-hybridized carbons (Fsp3) is 0.231.